The van der Waals surface area contributed by atoms with E-state index in [1.165, 1.54) is 0 Å². The first kappa shape index (κ1) is 19.4. The summed E-state index contributed by atoms with van der Waals surface area (Å²) >= 11 is 0. The molecular formula is C24H27N3O2. The van der Waals surface area contributed by atoms with E-state index in [0.29, 0.717) is 17.2 Å². The minimum atomic E-state index is -0.127. The summed E-state index contributed by atoms with van der Waals surface area (Å²) in [4.78, 5) is 27.3. The van der Waals surface area contributed by atoms with Crippen molar-refractivity contribution in [2.45, 2.75) is 32.7 Å². The minimum Gasteiger partial charge on any atom is -0.381 e. The van der Waals surface area contributed by atoms with Gasteiger partial charge < -0.3 is 15.5 Å². The van der Waals surface area contributed by atoms with Gasteiger partial charge in [0.2, 0.25) is 0 Å². The Labute approximate surface area is 171 Å². The molecular weight excluding hydrogens is 362 g/mol. The number of Topliss-reactive ketones (excluding diaryl/α,β-unsaturated/α-hetero) is 1. The summed E-state index contributed by atoms with van der Waals surface area (Å²) in [5.41, 5.74) is 4.61. The summed E-state index contributed by atoms with van der Waals surface area (Å²) in [6.07, 6.45) is 2.08. The second-order valence-electron chi connectivity index (χ2n) is 7.74. The highest BCUT2D eigenvalue weighted by Gasteiger charge is 2.30. The second-order valence-corrected chi connectivity index (χ2v) is 7.74. The van der Waals surface area contributed by atoms with Crippen LogP contribution in [0.5, 0.6) is 0 Å². The maximum atomic E-state index is 13.0. The van der Waals surface area contributed by atoms with Crippen LogP contribution < -0.4 is 10.6 Å². The molecule has 1 fully saturated rings. The van der Waals surface area contributed by atoms with Gasteiger partial charge in [-0.15, -0.1) is 0 Å². The van der Waals surface area contributed by atoms with Crippen molar-refractivity contribution in [3.63, 3.8) is 0 Å². The first-order chi connectivity index (χ1) is 14.1. The van der Waals surface area contributed by atoms with Crippen LogP contribution in [0.3, 0.4) is 0 Å². The number of fused-ring (bicyclic) bond motifs is 1. The fourth-order valence-electron chi connectivity index (χ4n) is 4.14. The van der Waals surface area contributed by atoms with Gasteiger partial charge in [0.1, 0.15) is 0 Å². The third-order valence-electron chi connectivity index (χ3n) is 5.87. The summed E-state index contributed by atoms with van der Waals surface area (Å²) in [7, 11) is 0. The largest absolute Gasteiger partial charge is 0.381 e. The van der Waals surface area contributed by atoms with Crippen LogP contribution in [0.15, 0.2) is 48.5 Å². The van der Waals surface area contributed by atoms with Crippen LogP contribution in [-0.4, -0.2) is 42.3 Å². The summed E-state index contributed by atoms with van der Waals surface area (Å²) in [6.45, 7) is 6.93. The minimum absolute atomic E-state index is 0.00680. The molecule has 0 aliphatic carbocycles. The molecule has 0 spiro atoms. The molecule has 0 radical (unpaired) electrons. The lowest BCUT2D eigenvalue weighted by atomic mass is 9.96. The topological polar surface area (TPSA) is 61.4 Å². The molecule has 4 rings (SSSR count). The van der Waals surface area contributed by atoms with Gasteiger partial charge in [0, 0.05) is 35.9 Å². The molecule has 0 unspecified atom stereocenters. The number of anilines is 1. The molecule has 2 aliphatic rings. The zero-order valence-corrected chi connectivity index (χ0v) is 17.0. The third kappa shape index (κ3) is 3.96. The number of benzene rings is 2. The van der Waals surface area contributed by atoms with E-state index in [1.54, 1.807) is 13.0 Å². The number of likely N-dealkylation sites (tertiary alicyclic amines) is 1. The van der Waals surface area contributed by atoms with Gasteiger partial charge in [-0.3, -0.25) is 9.59 Å². The lowest BCUT2D eigenvalue weighted by Gasteiger charge is -2.33. The second kappa shape index (κ2) is 8.21. The van der Waals surface area contributed by atoms with E-state index >= 15 is 0 Å². The molecule has 2 aliphatic heterocycles. The van der Waals surface area contributed by atoms with Crippen molar-refractivity contribution in [3.05, 3.63) is 65.2 Å². The molecule has 0 bridgehead atoms. The van der Waals surface area contributed by atoms with Crippen LogP contribution in [0.25, 0.3) is 11.3 Å². The Morgan fingerprint density at radius 3 is 2.48 bits per heavy atom. The van der Waals surface area contributed by atoms with Gasteiger partial charge in [0.15, 0.2) is 5.78 Å². The quantitative estimate of drug-likeness (QED) is 0.603. The van der Waals surface area contributed by atoms with Crippen molar-refractivity contribution in [2.24, 2.45) is 0 Å². The van der Waals surface area contributed by atoms with Gasteiger partial charge >= 0.3 is 0 Å². The van der Waals surface area contributed by atoms with Crippen molar-refractivity contribution in [1.29, 1.82) is 0 Å². The number of piperidine rings is 1. The van der Waals surface area contributed by atoms with E-state index in [2.05, 4.69) is 22.5 Å². The standard InChI is InChI=1S/C24H27N3O2/c1-3-27-13-11-19(12-14-27)25-23(17-7-5-4-6-8-17)22-20-15-18(16(2)28)9-10-21(20)26-24(22)29/h4-10,15,19,25H,3,11-14H2,1-2H3,(H,26,29). The van der Waals surface area contributed by atoms with E-state index < -0.39 is 0 Å². The Balaban J connectivity index is 1.77. The number of hydrogen-bond donors (Lipinski definition) is 2. The summed E-state index contributed by atoms with van der Waals surface area (Å²) < 4.78 is 0. The van der Waals surface area contributed by atoms with E-state index in [4.69, 9.17) is 0 Å². The van der Waals surface area contributed by atoms with Crippen LogP contribution >= 0.6 is 0 Å². The normalized spacial score (nSPS) is 18.9. The van der Waals surface area contributed by atoms with Crippen LogP contribution in [0.2, 0.25) is 0 Å². The summed E-state index contributed by atoms with van der Waals surface area (Å²) in [6, 6.07) is 15.7. The van der Waals surface area contributed by atoms with Crippen LogP contribution in [0, 0.1) is 0 Å². The van der Waals surface area contributed by atoms with Gasteiger partial charge in [-0.05, 0) is 50.1 Å². The van der Waals surface area contributed by atoms with E-state index in [0.717, 1.165) is 55.0 Å². The van der Waals surface area contributed by atoms with Gasteiger partial charge in [-0.1, -0.05) is 37.3 Å². The molecule has 5 nitrogen and oxygen atoms in total. The SMILES string of the molecule is CCN1CCC(NC(=C2C(=O)Nc3ccc(C(C)=O)cc32)c2ccccc2)CC1. The molecule has 0 atom stereocenters. The number of nitrogens with one attached hydrogen (secondary N) is 2. The van der Waals surface area contributed by atoms with Gasteiger partial charge in [0.25, 0.3) is 5.91 Å². The zero-order valence-electron chi connectivity index (χ0n) is 17.0. The molecule has 1 saturated heterocycles. The van der Waals surface area contributed by atoms with Crippen molar-refractivity contribution in [1.82, 2.24) is 10.2 Å². The predicted octanol–water partition coefficient (Wildman–Crippen LogP) is 3.78. The van der Waals surface area contributed by atoms with Crippen LogP contribution in [0.1, 0.15) is 48.2 Å². The van der Waals surface area contributed by atoms with Gasteiger partial charge in [-0.25, -0.2) is 0 Å². The first-order valence-corrected chi connectivity index (χ1v) is 10.3. The number of carbonyl (C=O) groups excluding carboxylic acids is 2. The fourth-order valence-corrected chi connectivity index (χ4v) is 4.14. The maximum Gasteiger partial charge on any atom is 0.258 e. The lowest BCUT2D eigenvalue weighted by molar-refractivity contribution is -0.110. The number of rotatable bonds is 5. The number of carbonyl (C=O) groups is 2. The van der Waals surface area contributed by atoms with Crippen molar-refractivity contribution in [2.75, 3.05) is 25.0 Å². The van der Waals surface area contributed by atoms with Crippen molar-refractivity contribution in [3.8, 4) is 0 Å². The van der Waals surface area contributed by atoms with E-state index in [-0.39, 0.29) is 11.7 Å². The van der Waals surface area contributed by atoms with Gasteiger partial charge in [0.05, 0.1) is 11.3 Å². The smallest absolute Gasteiger partial charge is 0.258 e. The highest BCUT2D eigenvalue weighted by molar-refractivity contribution is 6.36. The average Bonchev–Trinajstić information content (AvgIpc) is 3.07. The molecule has 2 aromatic carbocycles. The Morgan fingerprint density at radius 1 is 1.10 bits per heavy atom. The zero-order chi connectivity index (χ0) is 20.4. The molecule has 2 heterocycles. The molecule has 0 aromatic heterocycles. The third-order valence-corrected chi connectivity index (χ3v) is 5.87. The Kier molecular flexibility index (Phi) is 5.49. The van der Waals surface area contributed by atoms with E-state index in [9.17, 15) is 9.59 Å². The summed E-state index contributed by atoms with van der Waals surface area (Å²) in [5, 5.41) is 6.65. The Hall–Kier alpha value is -2.92. The predicted molar refractivity (Wildman–Crippen MR) is 117 cm³/mol. The lowest BCUT2D eigenvalue weighted by Crippen LogP contribution is -2.42. The molecule has 2 aromatic rings. The van der Waals surface area contributed by atoms with Crippen molar-refractivity contribution < 1.29 is 9.59 Å². The molecule has 29 heavy (non-hydrogen) atoms. The summed E-state index contributed by atoms with van der Waals surface area (Å²) in [5.74, 6) is -0.134. The first-order valence-electron chi connectivity index (χ1n) is 10.3. The molecule has 2 N–H and O–H groups in total. The molecule has 5 heteroatoms. The van der Waals surface area contributed by atoms with E-state index in [1.807, 2.05) is 42.5 Å². The highest BCUT2D eigenvalue weighted by Crippen LogP contribution is 2.37. The van der Waals surface area contributed by atoms with Crippen LogP contribution in [0.4, 0.5) is 5.69 Å². The number of amides is 1. The molecule has 1 amide bonds. The molecule has 150 valence electrons. The van der Waals surface area contributed by atoms with Gasteiger partial charge in [-0.2, -0.15) is 0 Å². The number of nitrogens with zero attached hydrogens (tertiary/aromatic N) is 1. The fraction of sp³-hybridized carbons (Fsp3) is 0.333. The monoisotopic (exact) mass is 389 g/mol. The molecule has 0 saturated carbocycles. The van der Waals surface area contributed by atoms with Crippen molar-refractivity contribution >= 4 is 28.6 Å². The number of hydrogen-bond acceptors (Lipinski definition) is 4. The highest BCUT2D eigenvalue weighted by atomic mass is 16.2. The maximum absolute atomic E-state index is 13.0. The Morgan fingerprint density at radius 2 is 1.83 bits per heavy atom. The van der Waals surface area contributed by atoms with Crippen LogP contribution in [-0.2, 0) is 4.79 Å². The number of ketones is 1. The average molecular weight is 389 g/mol. The Bertz CT molecular complexity index is 957.